The highest BCUT2D eigenvalue weighted by Gasteiger charge is 2.14. The molecule has 0 bridgehead atoms. The van der Waals surface area contributed by atoms with Gasteiger partial charge in [-0.15, -0.1) is 0 Å². The highest BCUT2D eigenvalue weighted by molar-refractivity contribution is 7.99. The lowest BCUT2D eigenvalue weighted by atomic mass is 10.1. The van der Waals surface area contributed by atoms with E-state index in [1.54, 1.807) is 6.20 Å². The van der Waals surface area contributed by atoms with Gasteiger partial charge in [0.05, 0.1) is 11.9 Å². The first-order valence-corrected chi connectivity index (χ1v) is 7.83. The third kappa shape index (κ3) is 3.16. The first-order chi connectivity index (χ1) is 9.43. The van der Waals surface area contributed by atoms with Crippen molar-refractivity contribution in [3.05, 3.63) is 36.3 Å². The molecule has 19 heavy (non-hydrogen) atoms. The lowest BCUT2D eigenvalue weighted by molar-refractivity contribution is 0.508. The van der Waals surface area contributed by atoms with Crippen LogP contribution < -0.4 is 5.32 Å². The maximum absolute atomic E-state index is 4.16. The van der Waals surface area contributed by atoms with Crippen LogP contribution in [0.25, 0.3) is 11.3 Å². The largest absolute Gasteiger partial charge is 0.309 e. The van der Waals surface area contributed by atoms with Gasteiger partial charge in [0, 0.05) is 41.9 Å². The van der Waals surface area contributed by atoms with Crippen LogP contribution in [-0.2, 0) is 6.54 Å². The van der Waals surface area contributed by atoms with Crippen molar-refractivity contribution in [2.45, 2.75) is 25.4 Å². The molecule has 100 valence electrons. The summed E-state index contributed by atoms with van der Waals surface area (Å²) in [5.41, 5.74) is 3.38. The fourth-order valence-electron chi connectivity index (χ4n) is 2.36. The van der Waals surface area contributed by atoms with Crippen molar-refractivity contribution in [1.82, 2.24) is 20.5 Å². The molecule has 2 aromatic rings. The number of nitrogens with zero attached hydrogens (tertiary/aromatic N) is 2. The average Bonchev–Trinajstić information content (AvgIpc) is 2.95. The Bertz CT molecular complexity index is 505. The van der Waals surface area contributed by atoms with Gasteiger partial charge in [-0.25, -0.2) is 0 Å². The zero-order valence-corrected chi connectivity index (χ0v) is 11.6. The second kappa shape index (κ2) is 6.21. The van der Waals surface area contributed by atoms with Crippen molar-refractivity contribution in [2.75, 3.05) is 11.5 Å². The molecular weight excluding hydrogens is 256 g/mol. The summed E-state index contributed by atoms with van der Waals surface area (Å²) in [5, 5.41) is 10.9. The minimum Gasteiger partial charge on any atom is -0.309 e. The quantitative estimate of drug-likeness (QED) is 0.899. The predicted molar refractivity (Wildman–Crippen MR) is 79.0 cm³/mol. The normalized spacial score (nSPS) is 19.5. The number of aromatic amines is 1. The molecule has 1 aliphatic rings. The van der Waals surface area contributed by atoms with Gasteiger partial charge in [-0.1, -0.05) is 0 Å². The van der Waals surface area contributed by atoms with Crippen molar-refractivity contribution in [3.8, 4) is 11.3 Å². The topological polar surface area (TPSA) is 53.6 Å². The third-order valence-electron chi connectivity index (χ3n) is 3.41. The summed E-state index contributed by atoms with van der Waals surface area (Å²) in [7, 11) is 0. The van der Waals surface area contributed by atoms with Gasteiger partial charge in [0.2, 0.25) is 0 Å². The Morgan fingerprint density at radius 1 is 1.42 bits per heavy atom. The van der Waals surface area contributed by atoms with E-state index < -0.39 is 0 Å². The maximum atomic E-state index is 4.16. The minimum absolute atomic E-state index is 0.635. The molecule has 1 aliphatic heterocycles. The van der Waals surface area contributed by atoms with Crippen LogP contribution in [0.15, 0.2) is 30.7 Å². The molecule has 1 unspecified atom stereocenters. The number of rotatable bonds is 4. The summed E-state index contributed by atoms with van der Waals surface area (Å²) in [6.07, 6.45) is 8.17. The molecule has 4 nitrogen and oxygen atoms in total. The monoisotopic (exact) mass is 274 g/mol. The van der Waals surface area contributed by atoms with Crippen LogP contribution in [0.5, 0.6) is 0 Å². The SMILES string of the molecule is c1cncc(-c2[nH]ncc2CNC2CCCSC2)c1. The highest BCUT2D eigenvalue weighted by atomic mass is 32.2. The molecule has 0 aliphatic carbocycles. The molecular formula is C14H18N4S. The van der Waals surface area contributed by atoms with Crippen molar-refractivity contribution in [1.29, 1.82) is 0 Å². The summed E-state index contributed by atoms with van der Waals surface area (Å²) in [6.45, 7) is 0.867. The Labute approximate surface area is 117 Å². The van der Waals surface area contributed by atoms with Gasteiger partial charge in [-0.05, 0) is 30.7 Å². The summed E-state index contributed by atoms with van der Waals surface area (Å²) in [4.78, 5) is 4.16. The standard InChI is InChI=1S/C14H18N4S/c1-3-11(7-15-5-1)14-12(9-17-18-14)8-16-13-4-2-6-19-10-13/h1,3,5,7,9,13,16H,2,4,6,8,10H2,(H,17,18). The van der Waals surface area contributed by atoms with E-state index in [1.165, 1.54) is 29.9 Å². The van der Waals surface area contributed by atoms with Crippen LogP contribution in [0.4, 0.5) is 0 Å². The van der Waals surface area contributed by atoms with Gasteiger partial charge in [0.1, 0.15) is 0 Å². The van der Waals surface area contributed by atoms with E-state index in [2.05, 4.69) is 26.6 Å². The molecule has 0 amide bonds. The van der Waals surface area contributed by atoms with E-state index in [1.807, 2.05) is 30.2 Å². The van der Waals surface area contributed by atoms with E-state index in [4.69, 9.17) is 0 Å². The summed E-state index contributed by atoms with van der Waals surface area (Å²) < 4.78 is 0. The van der Waals surface area contributed by atoms with Crippen molar-refractivity contribution >= 4 is 11.8 Å². The fourth-order valence-corrected chi connectivity index (χ4v) is 3.47. The van der Waals surface area contributed by atoms with Crippen molar-refractivity contribution in [2.24, 2.45) is 0 Å². The number of hydrogen-bond donors (Lipinski definition) is 2. The fraction of sp³-hybridized carbons (Fsp3) is 0.429. The summed E-state index contributed by atoms with van der Waals surface area (Å²) in [5.74, 6) is 2.53. The predicted octanol–water partition coefficient (Wildman–Crippen LogP) is 2.46. The van der Waals surface area contributed by atoms with Crippen LogP contribution in [-0.4, -0.2) is 32.7 Å². The summed E-state index contributed by atoms with van der Waals surface area (Å²) >= 11 is 2.04. The maximum Gasteiger partial charge on any atom is 0.0710 e. The second-order valence-corrected chi connectivity index (χ2v) is 5.96. The van der Waals surface area contributed by atoms with E-state index in [9.17, 15) is 0 Å². The van der Waals surface area contributed by atoms with Gasteiger partial charge in [0.15, 0.2) is 0 Å². The first kappa shape index (κ1) is 12.7. The molecule has 0 saturated carbocycles. The lowest BCUT2D eigenvalue weighted by Crippen LogP contribution is -2.33. The number of aromatic nitrogens is 3. The number of hydrogen-bond acceptors (Lipinski definition) is 4. The molecule has 2 aromatic heterocycles. The van der Waals surface area contributed by atoms with Gasteiger partial charge in [0.25, 0.3) is 0 Å². The van der Waals surface area contributed by atoms with E-state index in [-0.39, 0.29) is 0 Å². The molecule has 3 rings (SSSR count). The Kier molecular flexibility index (Phi) is 4.15. The lowest BCUT2D eigenvalue weighted by Gasteiger charge is -2.22. The number of thioether (sulfide) groups is 1. The average molecular weight is 274 g/mol. The number of H-pyrrole nitrogens is 1. The molecule has 1 saturated heterocycles. The molecule has 0 spiro atoms. The minimum atomic E-state index is 0.635. The molecule has 5 heteroatoms. The Morgan fingerprint density at radius 3 is 3.21 bits per heavy atom. The number of pyridine rings is 1. The third-order valence-corrected chi connectivity index (χ3v) is 4.62. The number of nitrogens with one attached hydrogen (secondary N) is 2. The van der Waals surface area contributed by atoms with Gasteiger partial charge in [-0.3, -0.25) is 10.1 Å². The molecule has 2 N–H and O–H groups in total. The summed E-state index contributed by atoms with van der Waals surface area (Å²) in [6, 6.07) is 4.64. The van der Waals surface area contributed by atoms with Crippen LogP contribution in [0.2, 0.25) is 0 Å². The second-order valence-electron chi connectivity index (χ2n) is 4.81. The van der Waals surface area contributed by atoms with Gasteiger partial charge >= 0.3 is 0 Å². The van der Waals surface area contributed by atoms with E-state index >= 15 is 0 Å². The smallest absolute Gasteiger partial charge is 0.0710 e. The van der Waals surface area contributed by atoms with Crippen LogP contribution in [0, 0.1) is 0 Å². The van der Waals surface area contributed by atoms with Gasteiger partial charge < -0.3 is 5.32 Å². The molecule has 3 heterocycles. The Morgan fingerprint density at radius 2 is 2.42 bits per heavy atom. The zero-order valence-electron chi connectivity index (χ0n) is 10.8. The highest BCUT2D eigenvalue weighted by Crippen LogP contribution is 2.21. The molecule has 0 radical (unpaired) electrons. The molecule has 0 aromatic carbocycles. The molecule has 1 atom stereocenters. The zero-order chi connectivity index (χ0) is 12.9. The van der Waals surface area contributed by atoms with Crippen molar-refractivity contribution < 1.29 is 0 Å². The Hall–Kier alpha value is -1.33. The van der Waals surface area contributed by atoms with E-state index in [0.29, 0.717) is 6.04 Å². The van der Waals surface area contributed by atoms with Crippen molar-refractivity contribution in [3.63, 3.8) is 0 Å². The van der Waals surface area contributed by atoms with E-state index in [0.717, 1.165) is 17.8 Å². The van der Waals surface area contributed by atoms with Crippen LogP contribution in [0.1, 0.15) is 18.4 Å². The Balaban J connectivity index is 1.67. The van der Waals surface area contributed by atoms with Crippen LogP contribution >= 0.6 is 11.8 Å². The van der Waals surface area contributed by atoms with Gasteiger partial charge in [-0.2, -0.15) is 16.9 Å². The molecule has 1 fully saturated rings. The first-order valence-electron chi connectivity index (χ1n) is 6.67. The van der Waals surface area contributed by atoms with Crippen LogP contribution in [0.3, 0.4) is 0 Å².